The van der Waals surface area contributed by atoms with Crippen molar-refractivity contribution in [1.82, 2.24) is 19.9 Å². The zero-order valence-corrected chi connectivity index (χ0v) is 24.0. The van der Waals surface area contributed by atoms with Gasteiger partial charge in [-0.25, -0.2) is 27.1 Å². The second-order valence-corrected chi connectivity index (χ2v) is 11.7. The summed E-state index contributed by atoms with van der Waals surface area (Å²) in [5.74, 6) is -5.88. The summed E-state index contributed by atoms with van der Waals surface area (Å²) in [5, 5.41) is 7.07. The van der Waals surface area contributed by atoms with Crippen LogP contribution in [0.3, 0.4) is 0 Å². The monoisotopic (exact) mass is 643 g/mol. The third-order valence-corrected chi connectivity index (χ3v) is 8.32. The standard InChI is InChI=1S/C30H32F7N5O3/c31-22(32)15-45-21-3-1-2-19(28(38)44)26(21)25(16-6-9-29(33,34)10-7-16)20-14-42-23(40-20)12-18(13-39-42)27(17-4-5-17)41-24(43)8-11-30(35,36)37/h1-3,12-14,16-17,22,25,27H,4-11,15H2,(H2,38,44)(H,41,43)/t25-,27-/m1/s1. The number of nitrogens with zero attached hydrogens (tertiary/aromatic N) is 3. The lowest BCUT2D eigenvalue weighted by Crippen LogP contribution is -2.30. The Kier molecular flexibility index (Phi) is 9.26. The highest BCUT2D eigenvalue weighted by molar-refractivity contribution is 5.95. The second-order valence-electron chi connectivity index (χ2n) is 11.7. The van der Waals surface area contributed by atoms with Crippen molar-refractivity contribution >= 4 is 17.5 Å². The topological polar surface area (TPSA) is 112 Å². The lowest BCUT2D eigenvalue weighted by atomic mass is 9.73. The van der Waals surface area contributed by atoms with Crippen LogP contribution in [0.1, 0.15) is 90.5 Å². The molecule has 2 aromatic heterocycles. The van der Waals surface area contributed by atoms with Crippen LogP contribution in [0.15, 0.2) is 36.7 Å². The Labute approximate surface area is 253 Å². The average molecular weight is 644 g/mol. The number of rotatable bonds is 12. The van der Waals surface area contributed by atoms with Gasteiger partial charge in [0.15, 0.2) is 5.65 Å². The fraction of sp³-hybridized carbons (Fsp3) is 0.533. The van der Waals surface area contributed by atoms with E-state index in [1.165, 1.54) is 28.9 Å². The molecule has 45 heavy (non-hydrogen) atoms. The molecule has 2 saturated carbocycles. The zero-order valence-electron chi connectivity index (χ0n) is 24.0. The van der Waals surface area contributed by atoms with Crippen molar-refractivity contribution in [3.63, 3.8) is 0 Å². The van der Waals surface area contributed by atoms with Gasteiger partial charge in [0.25, 0.3) is 6.43 Å². The Balaban J connectivity index is 1.53. The summed E-state index contributed by atoms with van der Waals surface area (Å²) in [6, 6.07) is 5.27. The van der Waals surface area contributed by atoms with Crippen molar-refractivity contribution in [2.24, 2.45) is 17.6 Å². The molecule has 3 aromatic rings. The normalized spacial score (nSPS) is 18.6. The minimum atomic E-state index is -4.47. The second kappa shape index (κ2) is 12.8. The SMILES string of the molecule is NC(=O)c1cccc(OCC(F)F)c1[C@@H](c1cn2ncc([C@H](NC(=O)CCC(F)(F)F)C3CC3)cc2n1)C1CCC(F)(F)CC1. The van der Waals surface area contributed by atoms with Gasteiger partial charge in [0.05, 0.1) is 30.6 Å². The van der Waals surface area contributed by atoms with Crippen LogP contribution in [-0.4, -0.2) is 51.5 Å². The highest BCUT2D eigenvalue weighted by Gasteiger charge is 2.41. The highest BCUT2D eigenvalue weighted by atomic mass is 19.4. The first-order valence-electron chi connectivity index (χ1n) is 14.6. The molecule has 2 heterocycles. The van der Waals surface area contributed by atoms with Gasteiger partial charge in [-0.2, -0.15) is 18.3 Å². The number of hydrogen-bond acceptors (Lipinski definition) is 5. The minimum Gasteiger partial charge on any atom is -0.487 e. The molecule has 3 N–H and O–H groups in total. The van der Waals surface area contributed by atoms with E-state index >= 15 is 0 Å². The van der Waals surface area contributed by atoms with Crippen molar-refractivity contribution in [2.75, 3.05) is 6.61 Å². The fourth-order valence-corrected chi connectivity index (χ4v) is 6.01. The van der Waals surface area contributed by atoms with E-state index in [2.05, 4.69) is 10.4 Å². The van der Waals surface area contributed by atoms with Crippen molar-refractivity contribution < 1.29 is 45.1 Å². The van der Waals surface area contributed by atoms with Gasteiger partial charge in [0.2, 0.25) is 17.7 Å². The number of imidazole rings is 1. The Morgan fingerprint density at radius 2 is 1.82 bits per heavy atom. The third kappa shape index (κ3) is 8.03. The molecular formula is C30H32F7N5O3. The first-order valence-corrected chi connectivity index (χ1v) is 14.6. The van der Waals surface area contributed by atoms with Crippen molar-refractivity contribution in [2.45, 2.75) is 81.9 Å². The number of benzene rings is 1. The maximum absolute atomic E-state index is 14.2. The summed E-state index contributed by atoms with van der Waals surface area (Å²) in [6.45, 7) is -0.974. The van der Waals surface area contributed by atoms with Gasteiger partial charge in [-0.3, -0.25) is 9.59 Å². The summed E-state index contributed by atoms with van der Waals surface area (Å²) in [4.78, 5) is 29.6. The Bertz CT molecular complexity index is 1530. The lowest BCUT2D eigenvalue weighted by Gasteiger charge is -2.34. The van der Waals surface area contributed by atoms with Crippen molar-refractivity contribution in [3.05, 3.63) is 59.0 Å². The van der Waals surface area contributed by atoms with Gasteiger partial charge in [-0.1, -0.05) is 6.07 Å². The number of carbonyl (C=O) groups excluding carboxylic acids is 2. The molecule has 0 bridgehead atoms. The zero-order chi connectivity index (χ0) is 32.5. The van der Waals surface area contributed by atoms with Crippen molar-refractivity contribution in [3.8, 4) is 5.75 Å². The summed E-state index contributed by atoms with van der Waals surface area (Å²) < 4.78 is 99.5. The van der Waals surface area contributed by atoms with Gasteiger partial charge >= 0.3 is 6.18 Å². The number of nitrogens with two attached hydrogens (primary N) is 1. The van der Waals surface area contributed by atoms with E-state index in [0.29, 0.717) is 11.3 Å². The Morgan fingerprint density at radius 1 is 1.11 bits per heavy atom. The van der Waals surface area contributed by atoms with Gasteiger partial charge < -0.3 is 15.8 Å². The van der Waals surface area contributed by atoms with E-state index in [1.54, 1.807) is 12.3 Å². The molecule has 5 rings (SSSR count). The summed E-state index contributed by atoms with van der Waals surface area (Å²) in [7, 11) is 0. The summed E-state index contributed by atoms with van der Waals surface area (Å²) in [6.07, 6.45) is -5.50. The van der Waals surface area contributed by atoms with Gasteiger partial charge in [0.1, 0.15) is 12.4 Å². The van der Waals surface area contributed by atoms with Crippen LogP contribution in [0.25, 0.3) is 5.65 Å². The molecule has 15 heteroatoms. The largest absolute Gasteiger partial charge is 0.487 e. The molecule has 8 nitrogen and oxygen atoms in total. The van der Waals surface area contributed by atoms with Crippen LogP contribution in [-0.2, 0) is 4.79 Å². The number of alkyl halides is 7. The van der Waals surface area contributed by atoms with Crippen LogP contribution in [0.2, 0.25) is 0 Å². The first kappa shape index (κ1) is 32.5. The number of halogens is 7. The quantitative estimate of drug-likeness (QED) is 0.224. The predicted molar refractivity (Wildman–Crippen MR) is 147 cm³/mol. The van der Waals surface area contributed by atoms with Crippen LogP contribution in [0, 0.1) is 11.8 Å². The van der Waals surface area contributed by atoms with Crippen LogP contribution in [0.5, 0.6) is 5.75 Å². The average Bonchev–Trinajstić information content (AvgIpc) is 3.72. The Hall–Kier alpha value is -3.91. The number of carbonyl (C=O) groups is 2. The summed E-state index contributed by atoms with van der Waals surface area (Å²) in [5.41, 5.74) is 6.94. The van der Waals surface area contributed by atoms with E-state index in [4.69, 9.17) is 15.5 Å². The van der Waals surface area contributed by atoms with E-state index in [-0.39, 0.29) is 41.3 Å². The molecule has 2 aliphatic carbocycles. The van der Waals surface area contributed by atoms with Crippen LogP contribution < -0.4 is 15.8 Å². The van der Waals surface area contributed by atoms with E-state index in [9.17, 15) is 40.3 Å². The molecule has 2 atom stereocenters. The van der Waals surface area contributed by atoms with E-state index < -0.39 is 80.5 Å². The number of aromatic nitrogens is 3. The lowest BCUT2D eigenvalue weighted by molar-refractivity contribution is -0.144. The molecule has 244 valence electrons. The highest BCUT2D eigenvalue weighted by Crippen LogP contribution is 2.48. The van der Waals surface area contributed by atoms with E-state index in [1.807, 2.05) is 0 Å². The number of hydrogen-bond donors (Lipinski definition) is 2. The molecule has 2 aliphatic rings. The number of primary amides is 1. The molecule has 1 aromatic carbocycles. The first-order chi connectivity index (χ1) is 21.2. The number of nitrogens with one attached hydrogen (secondary N) is 1. The van der Waals surface area contributed by atoms with Gasteiger partial charge in [0, 0.05) is 36.3 Å². The molecule has 0 spiro atoms. The minimum absolute atomic E-state index is 0.00663. The molecule has 2 amide bonds. The van der Waals surface area contributed by atoms with E-state index in [0.717, 1.165) is 12.8 Å². The number of amides is 2. The molecule has 0 unspecified atom stereocenters. The maximum atomic E-state index is 14.2. The van der Waals surface area contributed by atoms with Gasteiger partial charge in [-0.05, 0) is 61.3 Å². The predicted octanol–water partition coefficient (Wildman–Crippen LogP) is 6.34. The summed E-state index contributed by atoms with van der Waals surface area (Å²) >= 11 is 0. The maximum Gasteiger partial charge on any atom is 0.389 e. The molecule has 2 fully saturated rings. The fourth-order valence-electron chi connectivity index (χ4n) is 6.01. The number of fused-ring (bicyclic) bond motifs is 1. The van der Waals surface area contributed by atoms with Crippen molar-refractivity contribution in [1.29, 1.82) is 0 Å². The molecule has 0 saturated heterocycles. The molecule has 0 aliphatic heterocycles. The smallest absolute Gasteiger partial charge is 0.389 e. The Morgan fingerprint density at radius 3 is 2.44 bits per heavy atom. The molecular weight excluding hydrogens is 611 g/mol. The number of ether oxygens (including phenoxy) is 1. The molecule has 0 radical (unpaired) electrons. The van der Waals surface area contributed by atoms with Gasteiger partial charge in [-0.15, -0.1) is 0 Å². The van der Waals surface area contributed by atoms with Crippen LogP contribution >= 0.6 is 0 Å². The van der Waals surface area contributed by atoms with Crippen LogP contribution in [0.4, 0.5) is 30.7 Å². The third-order valence-electron chi connectivity index (χ3n) is 8.32.